The van der Waals surface area contributed by atoms with Crippen LogP contribution >= 0.6 is 0 Å². The number of amides is 2. The zero-order valence-corrected chi connectivity index (χ0v) is 24.6. The van der Waals surface area contributed by atoms with E-state index in [1.807, 2.05) is 0 Å². The number of carbonyl (C=O) groups excluding carboxylic acids is 2. The van der Waals surface area contributed by atoms with Crippen molar-refractivity contribution in [1.29, 1.82) is 0 Å². The third-order valence-electron chi connectivity index (χ3n) is 8.05. The summed E-state index contributed by atoms with van der Waals surface area (Å²) >= 11 is 0. The number of alkyl halides is 6. The van der Waals surface area contributed by atoms with Crippen molar-refractivity contribution in [3.8, 4) is 11.3 Å². The summed E-state index contributed by atoms with van der Waals surface area (Å²) in [6.07, 6.45) is -5.88. The molecule has 1 aliphatic heterocycles. The maximum atomic E-state index is 14.2. The van der Waals surface area contributed by atoms with E-state index in [2.05, 4.69) is 0 Å². The molecule has 1 unspecified atom stereocenters. The van der Waals surface area contributed by atoms with Crippen molar-refractivity contribution < 1.29 is 45.9 Å². The predicted molar refractivity (Wildman–Crippen MR) is 145 cm³/mol. The maximum Gasteiger partial charge on any atom is 0.417 e. The molecule has 7 nitrogen and oxygen atoms in total. The topological polar surface area (TPSA) is 75.0 Å². The monoisotopic (exact) mass is 617 g/mol. The molecule has 0 bridgehead atoms. The molecule has 43 heavy (non-hydrogen) atoms. The number of hydroxylamine groups is 2. The molecular formula is C30H37F6N3O4. The molecule has 1 aliphatic carbocycles. The Morgan fingerprint density at radius 2 is 1.60 bits per heavy atom. The Morgan fingerprint density at radius 1 is 0.953 bits per heavy atom. The minimum Gasteiger partial charge on any atom is -0.444 e. The maximum absolute atomic E-state index is 14.2. The largest absolute Gasteiger partial charge is 0.444 e. The van der Waals surface area contributed by atoms with Gasteiger partial charge in [0.05, 0.1) is 28.8 Å². The van der Waals surface area contributed by atoms with Gasteiger partial charge in [-0.15, -0.1) is 0 Å². The first-order valence-corrected chi connectivity index (χ1v) is 14.4. The highest BCUT2D eigenvalue weighted by Gasteiger charge is 2.40. The number of rotatable bonds is 5. The van der Waals surface area contributed by atoms with Crippen molar-refractivity contribution in [3.63, 3.8) is 0 Å². The van der Waals surface area contributed by atoms with Gasteiger partial charge in [-0.25, -0.2) is 9.86 Å². The van der Waals surface area contributed by atoms with E-state index < -0.39 is 58.7 Å². The molecule has 4 rings (SSSR count). The SMILES string of the molecule is Cc1c(C(=O)N(O)C2CCCCC2)cc(-c2cc(C(F)(F)F)ccc2C(F)(F)F)n1CC1CCCN1C(=O)OC(C)(C)C. The smallest absolute Gasteiger partial charge is 0.417 e. The molecule has 2 aromatic rings. The summed E-state index contributed by atoms with van der Waals surface area (Å²) in [4.78, 5) is 27.9. The number of benzene rings is 1. The molecule has 0 spiro atoms. The highest BCUT2D eigenvalue weighted by Crippen LogP contribution is 2.42. The van der Waals surface area contributed by atoms with Crippen LogP contribution in [0.3, 0.4) is 0 Å². The van der Waals surface area contributed by atoms with E-state index in [4.69, 9.17) is 4.74 Å². The van der Waals surface area contributed by atoms with Gasteiger partial charge in [0.2, 0.25) is 0 Å². The van der Waals surface area contributed by atoms with E-state index in [9.17, 15) is 41.1 Å². The fourth-order valence-corrected chi connectivity index (χ4v) is 5.91. The summed E-state index contributed by atoms with van der Waals surface area (Å²) in [5, 5.41) is 11.4. The molecule has 238 valence electrons. The zero-order valence-electron chi connectivity index (χ0n) is 24.6. The number of hydrogen-bond donors (Lipinski definition) is 1. The summed E-state index contributed by atoms with van der Waals surface area (Å²) in [5.74, 6) is -0.847. The molecule has 2 fully saturated rings. The molecule has 1 saturated carbocycles. The molecule has 0 radical (unpaired) electrons. The summed E-state index contributed by atoms with van der Waals surface area (Å²) in [7, 11) is 0. The molecule has 1 N–H and O–H groups in total. The highest BCUT2D eigenvalue weighted by atomic mass is 19.4. The minimum absolute atomic E-state index is 0.101. The number of nitrogens with zero attached hydrogens (tertiary/aromatic N) is 3. The number of halogens is 6. The lowest BCUT2D eigenvalue weighted by atomic mass is 9.95. The molecule has 1 aromatic carbocycles. The van der Waals surface area contributed by atoms with Crippen LogP contribution in [-0.4, -0.2) is 56.0 Å². The first kappa shape index (κ1) is 32.7. The lowest BCUT2D eigenvalue weighted by Gasteiger charge is -2.30. The van der Waals surface area contributed by atoms with Gasteiger partial charge in [0.1, 0.15) is 5.60 Å². The van der Waals surface area contributed by atoms with Gasteiger partial charge in [0, 0.05) is 30.0 Å². The first-order chi connectivity index (χ1) is 19.9. The quantitative estimate of drug-likeness (QED) is 0.209. The van der Waals surface area contributed by atoms with E-state index in [0.717, 1.165) is 25.3 Å². The zero-order chi connectivity index (χ0) is 31.9. The standard InChI is InChI=1S/C30H37F6N3O4/c1-18-22(26(40)39(42)20-9-6-5-7-10-20)16-25(23-15-19(29(31,32)33)12-13-24(23)30(34,35)36)38(18)17-21-11-8-14-37(21)27(41)43-28(2,3)4/h12-13,15-16,20-21,42H,5-11,14,17H2,1-4H3. The average Bonchev–Trinajstić information content (AvgIpc) is 3.51. The van der Waals surface area contributed by atoms with Crippen LogP contribution in [0.4, 0.5) is 31.1 Å². The van der Waals surface area contributed by atoms with Crippen molar-refractivity contribution in [2.45, 2.75) is 109 Å². The van der Waals surface area contributed by atoms with Crippen LogP contribution in [0.2, 0.25) is 0 Å². The van der Waals surface area contributed by atoms with E-state index in [1.165, 1.54) is 16.4 Å². The number of aromatic nitrogens is 1. The van der Waals surface area contributed by atoms with Crippen LogP contribution in [0.15, 0.2) is 24.3 Å². The number of hydrogen-bond acceptors (Lipinski definition) is 4. The van der Waals surface area contributed by atoms with Crippen LogP contribution < -0.4 is 0 Å². The average molecular weight is 618 g/mol. The lowest BCUT2D eigenvalue weighted by molar-refractivity contribution is -0.141. The van der Waals surface area contributed by atoms with Gasteiger partial charge in [-0.3, -0.25) is 10.0 Å². The van der Waals surface area contributed by atoms with Crippen LogP contribution in [-0.2, 0) is 23.6 Å². The Hall–Kier alpha value is -3.22. The second-order valence-electron chi connectivity index (χ2n) is 12.3. The molecule has 1 aromatic heterocycles. The first-order valence-electron chi connectivity index (χ1n) is 14.4. The van der Waals surface area contributed by atoms with Crippen molar-refractivity contribution in [2.24, 2.45) is 0 Å². The molecule has 2 aliphatic rings. The number of carbonyl (C=O) groups is 2. The molecule has 2 amide bonds. The van der Waals surface area contributed by atoms with Gasteiger partial charge < -0.3 is 14.2 Å². The number of likely N-dealkylation sites (tertiary alicyclic amines) is 1. The van der Waals surface area contributed by atoms with E-state index in [0.29, 0.717) is 55.5 Å². The highest BCUT2D eigenvalue weighted by molar-refractivity contribution is 5.96. The van der Waals surface area contributed by atoms with Gasteiger partial charge in [-0.2, -0.15) is 26.3 Å². The van der Waals surface area contributed by atoms with Gasteiger partial charge in [0.25, 0.3) is 5.91 Å². The fourth-order valence-electron chi connectivity index (χ4n) is 5.91. The Bertz CT molecular complexity index is 1340. The van der Waals surface area contributed by atoms with E-state index >= 15 is 0 Å². The molecule has 1 saturated heterocycles. The summed E-state index contributed by atoms with van der Waals surface area (Å²) < 4.78 is 90.5. The second-order valence-corrected chi connectivity index (χ2v) is 12.3. The fraction of sp³-hybridized carbons (Fsp3) is 0.600. The third-order valence-corrected chi connectivity index (χ3v) is 8.05. The Labute approximate surface area is 246 Å². The number of ether oxygens (including phenoxy) is 1. The van der Waals surface area contributed by atoms with E-state index in [1.54, 1.807) is 20.8 Å². The second kappa shape index (κ2) is 12.0. The van der Waals surface area contributed by atoms with Crippen molar-refractivity contribution in [2.75, 3.05) is 6.54 Å². The van der Waals surface area contributed by atoms with Crippen molar-refractivity contribution in [3.05, 3.63) is 46.6 Å². The minimum atomic E-state index is -5.01. The lowest BCUT2D eigenvalue weighted by Crippen LogP contribution is -2.41. The van der Waals surface area contributed by atoms with Crippen LogP contribution in [0.1, 0.15) is 92.9 Å². The van der Waals surface area contributed by atoms with Gasteiger partial charge >= 0.3 is 18.4 Å². The van der Waals surface area contributed by atoms with Crippen LogP contribution in [0, 0.1) is 6.92 Å². The summed E-state index contributed by atoms with van der Waals surface area (Å²) in [6.45, 7) is 6.78. The summed E-state index contributed by atoms with van der Waals surface area (Å²) in [6, 6.07) is 1.26. The van der Waals surface area contributed by atoms with Crippen LogP contribution in [0.25, 0.3) is 11.3 Å². The Kier molecular flexibility index (Phi) is 9.16. The predicted octanol–water partition coefficient (Wildman–Crippen LogP) is 8.06. The van der Waals surface area contributed by atoms with Gasteiger partial charge in [0.15, 0.2) is 0 Å². The van der Waals surface area contributed by atoms with Crippen molar-refractivity contribution in [1.82, 2.24) is 14.5 Å². The van der Waals surface area contributed by atoms with E-state index in [-0.39, 0.29) is 23.5 Å². The summed E-state index contributed by atoms with van der Waals surface area (Å²) in [5.41, 5.74) is -4.38. The van der Waals surface area contributed by atoms with Gasteiger partial charge in [-0.05, 0) is 77.6 Å². The van der Waals surface area contributed by atoms with Gasteiger partial charge in [-0.1, -0.05) is 19.3 Å². The Morgan fingerprint density at radius 3 is 2.19 bits per heavy atom. The normalized spacial score (nSPS) is 18.7. The van der Waals surface area contributed by atoms with Crippen LogP contribution in [0.5, 0.6) is 0 Å². The molecule has 1 atom stereocenters. The third kappa shape index (κ3) is 7.30. The molecule has 13 heteroatoms. The molecular weight excluding hydrogens is 580 g/mol. The molecule has 2 heterocycles. The van der Waals surface area contributed by atoms with Crippen molar-refractivity contribution >= 4 is 12.0 Å². The Balaban J connectivity index is 1.85.